The lowest BCUT2D eigenvalue weighted by Gasteiger charge is -2.27. The highest BCUT2D eigenvalue weighted by Crippen LogP contribution is 2.32. The Bertz CT molecular complexity index is 608. The van der Waals surface area contributed by atoms with Crippen molar-refractivity contribution in [1.29, 1.82) is 0 Å². The van der Waals surface area contributed by atoms with Gasteiger partial charge in [0.25, 0.3) is 0 Å². The first-order valence-corrected chi connectivity index (χ1v) is 6.78. The minimum absolute atomic E-state index is 0.0190. The number of benzene rings is 1. The lowest BCUT2D eigenvalue weighted by atomic mass is 9.81. The number of ketones is 1. The van der Waals surface area contributed by atoms with Gasteiger partial charge in [-0.3, -0.25) is 4.79 Å². The molecule has 1 saturated carbocycles. The fourth-order valence-electron chi connectivity index (χ4n) is 2.86. The molecule has 0 amide bonds. The number of nitrogens with two attached hydrogens (primary N) is 1. The molecule has 1 aromatic carbocycles. The number of oxazole rings is 1. The Hall–Kier alpha value is -1.68. The molecule has 1 aromatic heterocycles. The quantitative estimate of drug-likeness (QED) is 0.899. The summed E-state index contributed by atoms with van der Waals surface area (Å²) >= 11 is 0. The summed E-state index contributed by atoms with van der Waals surface area (Å²) in [5, 5.41) is 0. The van der Waals surface area contributed by atoms with Crippen LogP contribution in [0.4, 0.5) is 0 Å². The second-order valence-corrected chi connectivity index (χ2v) is 5.36. The standard InChI is InChI=1S/C15H18N2O2/c1-9-17-13-8-11(4-7-14(13)19-9)15(16)10-2-5-12(18)6-3-10/h4,7-8,10,15H,2-3,5-6,16H2,1H3. The first-order valence-electron chi connectivity index (χ1n) is 6.78. The van der Waals surface area contributed by atoms with E-state index in [0.29, 0.717) is 30.4 Å². The molecular weight excluding hydrogens is 240 g/mol. The molecule has 1 atom stereocenters. The largest absolute Gasteiger partial charge is 0.441 e. The number of rotatable bonds is 2. The molecule has 0 radical (unpaired) electrons. The number of fused-ring (bicyclic) bond motifs is 1. The van der Waals surface area contributed by atoms with E-state index in [-0.39, 0.29) is 6.04 Å². The van der Waals surface area contributed by atoms with Crippen LogP contribution in [0, 0.1) is 12.8 Å². The van der Waals surface area contributed by atoms with Gasteiger partial charge in [-0.1, -0.05) is 6.07 Å². The molecule has 3 rings (SSSR count). The highest BCUT2D eigenvalue weighted by molar-refractivity contribution is 5.79. The van der Waals surface area contributed by atoms with Gasteiger partial charge in [0, 0.05) is 25.8 Å². The number of carbonyl (C=O) groups excluding carboxylic acids is 1. The Morgan fingerprint density at radius 2 is 2.11 bits per heavy atom. The van der Waals surface area contributed by atoms with Gasteiger partial charge in [0.05, 0.1) is 0 Å². The Labute approximate surface area is 112 Å². The number of hydrogen-bond donors (Lipinski definition) is 1. The van der Waals surface area contributed by atoms with Crippen molar-refractivity contribution in [3.63, 3.8) is 0 Å². The Morgan fingerprint density at radius 1 is 1.37 bits per heavy atom. The van der Waals surface area contributed by atoms with Gasteiger partial charge in [-0.2, -0.15) is 0 Å². The molecule has 2 aromatic rings. The molecule has 1 heterocycles. The molecule has 0 spiro atoms. The summed E-state index contributed by atoms with van der Waals surface area (Å²) in [4.78, 5) is 15.6. The zero-order valence-corrected chi connectivity index (χ0v) is 11.1. The number of Topliss-reactive ketones (excluding diaryl/α,β-unsaturated/α-hetero) is 1. The number of carbonyl (C=O) groups is 1. The third-order valence-corrected chi connectivity index (χ3v) is 4.00. The van der Waals surface area contributed by atoms with Crippen LogP contribution in [0.2, 0.25) is 0 Å². The number of aryl methyl sites for hydroxylation is 1. The predicted octanol–water partition coefficient (Wildman–Crippen LogP) is 2.90. The molecule has 1 aliphatic carbocycles. The Balaban J connectivity index is 1.84. The zero-order chi connectivity index (χ0) is 13.4. The summed E-state index contributed by atoms with van der Waals surface area (Å²) in [6.45, 7) is 1.84. The molecule has 100 valence electrons. The highest BCUT2D eigenvalue weighted by atomic mass is 16.3. The topological polar surface area (TPSA) is 69.1 Å². The molecule has 1 aliphatic rings. The van der Waals surface area contributed by atoms with Gasteiger partial charge < -0.3 is 10.2 Å². The zero-order valence-electron chi connectivity index (χ0n) is 11.1. The van der Waals surface area contributed by atoms with E-state index in [0.717, 1.165) is 29.5 Å². The van der Waals surface area contributed by atoms with E-state index in [9.17, 15) is 4.79 Å². The Kier molecular flexibility index (Phi) is 3.11. The second kappa shape index (κ2) is 4.78. The normalized spacial score (nSPS) is 18.9. The molecular formula is C15H18N2O2. The average molecular weight is 258 g/mol. The van der Waals surface area contributed by atoms with Crippen LogP contribution in [0.15, 0.2) is 22.6 Å². The molecule has 1 fully saturated rings. The van der Waals surface area contributed by atoms with Crippen molar-refractivity contribution in [2.24, 2.45) is 11.7 Å². The summed E-state index contributed by atoms with van der Waals surface area (Å²) < 4.78 is 5.47. The maximum absolute atomic E-state index is 11.3. The van der Waals surface area contributed by atoms with Crippen molar-refractivity contribution in [1.82, 2.24) is 4.98 Å². The Morgan fingerprint density at radius 3 is 2.84 bits per heavy atom. The van der Waals surface area contributed by atoms with Crippen molar-refractivity contribution < 1.29 is 9.21 Å². The van der Waals surface area contributed by atoms with Crippen LogP contribution in [-0.4, -0.2) is 10.8 Å². The van der Waals surface area contributed by atoms with Crippen LogP contribution in [0.5, 0.6) is 0 Å². The van der Waals surface area contributed by atoms with E-state index in [1.165, 1.54) is 0 Å². The van der Waals surface area contributed by atoms with E-state index in [1.807, 2.05) is 25.1 Å². The van der Waals surface area contributed by atoms with Crippen molar-refractivity contribution in [3.8, 4) is 0 Å². The van der Waals surface area contributed by atoms with Crippen molar-refractivity contribution in [3.05, 3.63) is 29.7 Å². The van der Waals surface area contributed by atoms with E-state index < -0.39 is 0 Å². The number of nitrogens with zero attached hydrogens (tertiary/aromatic N) is 1. The summed E-state index contributed by atoms with van der Waals surface area (Å²) in [6, 6.07) is 5.92. The smallest absolute Gasteiger partial charge is 0.192 e. The maximum atomic E-state index is 11.3. The lowest BCUT2D eigenvalue weighted by molar-refractivity contribution is -0.121. The fraction of sp³-hybridized carbons (Fsp3) is 0.467. The average Bonchev–Trinajstić information content (AvgIpc) is 2.77. The first kappa shape index (κ1) is 12.4. The SMILES string of the molecule is Cc1nc2cc(C(N)C3CCC(=O)CC3)ccc2o1. The van der Waals surface area contributed by atoms with Crippen molar-refractivity contribution in [2.75, 3.05) is 0 Å². The van der Waals surface area contributed by atoms with E-state index in [1.54, 1.807) is 0 Å². The number of hydrogen-bond acceptors (Lipinski definition) is 4. The van der Waals surface area contributed by atoms with Crippen LogP contribution in [0.25, 0.3) is 11.1 Å². The van der Waals surface area contributed by atoms with Crippen molar-refractivity contribution >= 4 is 16.9 Å². The second-order valence-electron chi connectivity index (χ2n) is 5.36. The third-order valence-electron chi connectivity index (χ3n) is 4.00. The van der Waals surface area contributed by atoms with Gasteiger partial charge in [0.2, 0.25) is 0 Å². The van der Waals surface area contributed by atoms with Crippen LogP contribution in [0.3, 0.4) is 0 Å². The van der Waals surface area contributed by atoms with Gasteiger partial charge in [-0.25, -0.2) is 4.98 Å². The van der Waals surface area contributed by atoms with Gasteiger partial charge in [0.15, 0.2) is 11.5 Å². The van der Waals surface area contributed by atoms with Crippen LogP contribution in [0.1, 0.15) is 43.2 Å². The fourth-order valence-corrected chi connectivity index (χ4v) is 2.86. The van der Waals surface area contributed by atoms with Crippen LogP contribution in [-0.2, 0) is 4.79 Å². The minimum atomic E-state index is -0.0190. The summed E-state index contributed by atoms with van der Waals surface area (Å²) in [6.07, 6.45) is 3.14. The van der Waals surface area contributed by atoms with Gasteiger partial charge in [-0.05, 0) is 36.5 Å². The van der Waals surface area contributed by atoms with Crippen molar-refractivity contribution in [2.45, 2.75) is 38.6 Å². The maximum Gasteiger partial charge on any atom is 0.192 e. The summed E-state index contributed by atoms with van der Waals surface area (Å²) in [7, 11) is 0. The highest BCUT2D eigenvalue weighted by Gasteiger charge is 2.25. The van der Waals surface area contributed by atoms with Gasteiger partial charge in [0.1, 0.15) is 11.3 Å². The lowest BCUT2D eigenvalue weighted by Crippen LogP contribution is -2.26. The first-order chi connectivity index (χ1) is 9.13. The summed E-state index contributed by atoms with van der Waals surface area (Å²) in [5.74, 6) is 1.43. The van der Waals surface area contributed by atoms with E-state index in [4.69, 9.17) is 10.2 Å². The van der Waals surface area contributed by atoms with Gasteiger partial charge in [-0.15, -0.1) is 0 Å². The number of aromatic nitrogens is 1. The van der Waals surface area contributed by atoms with E-state index in [2.05, 4.69) is 4.98 Å². The molecule has 19 heavy (non-hydrogen) atoms. The van der Waals surface area contributed by atoms with Crippen LogP contribution < -0.4 is 5.73 Å². The molecule has 4 nitrogen and oxygen atoms in total. The predicted molar refractivity (Wildman–Crippen MR) is 72.6 cm³/mol. The molecule has 2 N–H and O–H groups in total. The van der Waals surface area contributed by atoms with Gasteiger partial charge >= 0.3 is 0 Å². The molecule has 0 aliphatic heterocycles. The molecule has 1 unspecified atom stereocenters. The third kappa shape index (κ3) is 2.40. The van der Waals surface area contributed by atoms with E-state index >= 15 is 0 Å². The minimum Gasteiger partial charge on any atom is -0.441 e. The molecule has 0 bridgehead atoms. The summed E-state index contributed by atoms with van der Waals surface area (Å²) in [5.41, 5.74) is 9.08. The molecule has 4 heteroatoms. The monoisotopic (exact) mass is 258 g/mol. The van der Waals surface area contributed by atoms with Crippen LogP contribution >= 0.6 is 0 Å². The molecule has 0 saturated heterocycles.